The van der Waals surface area contributed by atoms with E-state index in [2.05, 4.69) is 0 Å². The first kappa shape index (κ1) is 43.3. The Morgan fingerprint density at radius 3 is 0.837 bits per heavy atom. The van der Waals surface area contributed by atoms with Crippen LogP contribution in [0.4, 0.5) is 105 Å². The summed E-state index contributed by atoms with van der Waals surface area (Å²) in [5.41, 5.74) is 0. The Bertz CT molecular complexity index is 1080. The van der Waals surface area contributed by atoms with Gasteiger partial charge < -0.3 is 9.87 Å². The molecule has 0 heterocycles. The van der Waals surface area contributed by atoms with Crippen LogP contribution in [0.3, 0.4) is 0 Å². The SMILES string of the molecule is C[NH2+]C.O=S(=O)([O-])C(F)(F)C(F)(F)C(F)(F)C(F)(F)C(F)(F)C(F)(F)C(F)(F)C(F)(F)C(F)(F)C(F)(F)C(F)C(F)(F)F. The Labute approximate surface area is 220 Å². The minimum absolute atomic E-state index is 2.00. The van der Waals surface area contributed by atoms with Crippen LogP contribution in [-0.2, 0) is 10.1 Å². The molecule has 0 saturated heterocycles. The highest BCUT2D eigenvalue weighted by Crippen LogP contribution is 2.66. The molecule has 1 atom stereocenters. The Morgan fingerprint density at radius 2 is 0.651 bits per heavy atom. The molecular weight excluding hydrogens is 718 g/mol. The highest BCUT2D eigenvalue weighted by atomic mass is 32.2. The summed E-state index contributed by atoms with van der Waals surface area (Å²) in [5.74, 6) is -83.4. The van der Waals surface area contributed by atoms with Gasteiger partial charge in [0, 0.05) is 0 Å². The van der Waals surface area contributed by atoms with Gasteiger partial charge in [0.05, 0.1) is 14.1 Å². The first-order valence-corrected chi connectivity index (χ1v) is 10.7. The minimum atomic E-state index is -9.64. The van der Waals surface area contributed by atoms with E-state index in [1.807, 2.05) is 19.4 Å². The molecule has 0 aliphatic carbocycles. The van der Waals surface area contributed by atoms with Crippen LogP contribution in [0.2, 0.25) is 0 Å². The standard InChI is InChI=1S/C12H2F24O3S.C2H7N/c13-1(3(16,17)18)2(14,15)4(19,20)5(21,22)6(23,24)7(25,26)8(27,28)9(29,30)10(31,32)11(33,34)12(35,36)40(37,38)39;1-3-2/h1H,(H,37,38,39);3H,1-2H3. The maximum absolute atomic E-state index is 13.5. The van der Waals surface area contributed by atoms with Crippen LogP contribution in [-0.4, -0.2) is 98.0 Å². The number of alkyl halides is 24. The molecule has 0 saturated carbocycles. The van der Waals surface area contributed by atoms with Crippen molar-refractivity contribution in [3.63, 3.8) is 0 Å². The Morgan fingerprint density at radius 1 is 0.465 bits per heavy atom. The van der Waals surface area contributed by atoms with E-state index in [0.29, 0.717) is 0 Å². The van der Waals surface area contributed by atoms with Crippen LogP contribution < -0.4 is 5.32 Å². The number of rotatable bonds is 11. The first-order valence-electron chi connectivity index (χ1n) is 9.25. The van der Waals surface area contributed by atoms with Crippen LogP contribution >= 0.6 is 0 Å². The highest BCUT2D eigenvalue weighted by molar-refractivity contribution is 7.86. The average Bonchev–Trinajstić information content (AvgIpc) is 2.76. The number of hydrogen-bond donors (Lipinski definition) is 1. The quantitative estimate of drug-likeness (QED) is 0.224. The Kier molecular flexibility index (Phi) is 11.3. The van der Waals surface area contributed by atoms with Gasteiger partial charge in [0.25, 0.3) is 6.17 Å². The van der Waals surface area contributed by atoms with Gasteiger partial charge in [0.1, 0.15) is 0 Å². The fourth-order valence-corrected chi connectivity index (χ4v) is 2.54. The normalized spacial score (nSPS) is 16.9. The Hall–Kier alpha value is -1.81. The lowest BCUT2D eigenvalue weighted by Gasteiger charge is -2.45. The van der Waals surface area contributed by atoms with Gasteiger partial charge in [-0.15, -0.1) is 0 Å². The van der Waals surface area contributed by atoms with E-state index in [1.165, 1.54) is 0 Å². The van der Waals surface area contributed by atoms with Gasteiger partial charge >= 0.3 is 64.7 Å². The summed E-state index contributed by atoms with van der Waals surface area (Å²) in [6.45, 7) is 0. The van der Waals surface area contributed by atoms with Crippen molar-refractivity contribution < 1.29 is 124 Å². The van der Waals surface area contributed by atoms with Crippen molar-refractivity contribution in [2.24, 2.45) is 0 Å². The molecule has 0 aromatic heterocycles. The molecule has 1 unspecified atom stereocenters. The zero-order valence-electron chi connectivity index (χ0n) is 19.4. The predicted octanol–water partition coefficient (Wildman–Crippen LogP) is 5.55. The van der Waals surface area contributed by atoms with Crippen LogP contribution in [0.5, 0.6) is 0 Å². The van der Waals surface area contributed by atoms with E-state index in [9.17, 15) is 118 Å². The molecule has 0 aromatic carbocycles. The van der Waals surface area contributed by atoms with E-state index in [1.54, 1.807) is 0 Å². The van der Waals surface area contributed by atoms with Gasteiger partial charge in [-0.25, -0.2) is 12.8 Å². The predicted molar refractivity (Wildman–Crippen MR) is 83.9 cm³/mol. The van der Waals surface area contributed by atoms with Crippen molar-refractivity contribution in [2.45, 2.75) is 70.9 Å². The minimum Gasteiger partial charge on any atom is -0.743 e. The fourth-order valence-electron chi connectivity index (χ4n) is 2.10. The second-order valence-corrected chi connectivity index (χ2v) is 9.09. The third kappa shape index (κ3) is 5.84. The molecule has 0 aromatic rings. The van der Waals surface area contributed by atoms with E-state index in [4.69, 9.17) is 0 Å². The van der Waals surface area contributed by atoms with Crippen LogP contribution in [0.15, 0.2) is 0 Å². The summed E-state index contributed by atoms with van der Waals surface area (Å²) in [6, 6.07) is 0. The third-order valence-electron chi connectivity index (χ3n) is 4.46. The van der Waals surface area contributed by atoms with Crippen molar-refractivity contribution in [1.82, 2.24) is 0 Å². The molecular formula is C14H9F24NO3S. The second-order valence-electron chi connectivity index (χ2n) is 7.67. The molecule has 0 aliphatic heterocycles. The van der Waals surface area contributed by atoms with Gasteiger partial charge in [0.2, 0.25) is 0 Å². The van der Waals surface area contributed by atoms with Gasteiger partial charge in [-0.05, 0) is 0 Å². The number of quaternary nitrogens is 1. The van der Waals surface area contributed by atoms with Gasteiger partial charge in [0.15, 0.2) is 10.1 Å². The molecule has 0 rings (SSSR count). The first-order chi connectivity index (χ1) is 18.1. The summed E-state index contributed by atoms with van der Waals surface area (Å²) >= 11 is 0. The lowest BCUT2D eigenvalue weighted by atomic mass is 9.85. The topological polar surface area (TPSA) is 73.8 Å². The molecule has 0 radical (unpaired) electrons. The maximum atomic E-state index is 13.5. The zero-order chi connectivity index (χ0) is 36.3. The summed E-state index contributed by atoms with van der Waals surface area (Å²) in [7, 11) is -4.45. The fraction of sp³-hybridized carbons (Fsp3) is 1.00. The monoisotopic (exact) mass is 727 g/mol. The summed E-state index contributed by atoms with van der Waals surface area (Å²) < 4.78 is 343. The molecule has 0 aliphatic rings. The smallest absolute Gasteiger partial charge is 0.425 e. The van der Waals surface area contributed by atoms with E-state index >= 15 is 0 Å². The molecule has 2 N–H and O–H groups in total. The summed E-state index contributed by atoms with van der Waals surface area (Å²) in [6.07, 6.45) is -14.3. The lowest BCUT2D eigenvalue weighted by Crippen LogP contribution is -2.77. The molecule has 4 nitrogen and oxygen atoms in total. The van der Waals surface area contributed by atoms with Crippen LogP contribution in [0.25, 0.3) is 0 Å². The molecule has 43 heavy (non-hydrogen) atoms. The number of hydrogen-bond acceptors (Lipinski definition) is 3. The van der Waals surface area contributed by atoms with Crippen molar-refractivity contribution in [3.05, 3.63) is 0 Å². The molecule has 29 heteroatoms. The zero-order valence-corrected chi connectivity index (χ0v) is 20.2. The molecule has 0 fully saturated rings. The number of halogens is 24. The molecule has 0 spiro atoms. The van der Waals surface area contributed by atoms with Gasteiger partial charge in [-0.3, -0.25) is 0 Å². The Balaban J connectivity index is 0. The van der Waals surface area contributed by atoms with Gasteiger partial charge in [-0.2, -0.15) is 101 Å². The van der Waals surface area contributed by atoms with E-state index in [-0.39, 0.29) is 0 Å². The second kappa shape index (κ2) is 11.2. The summed E-state index contributed by atoms with van der Waals surface area (Å²) in [4.78, 5) is 0. The molecule has 0 bridgehead atoms. The molecule has 262 valence electrons. The van der Waals surface area contributed by atoms with Crippen molar-refractivity contribution >= 4 is 10.1 Å². The highest BCUT2D eigenvalue weighted by Gasteiger charge is 2.98. The van der Waals surface area contributed by atoms with E-state index in [0.717, 1.165) is 0 Å². The van der Waals surface area contributed by atoms with Crippen molar-refractivity contribution in [2.75, 3.05) is 14.1 Å². The summed E-state index contributed by atoms with van der Waals surface area (Å²) in [5, 5.41) is -6.28. The number of nitrogens with two attached hydrogens (primary N) is 1. The maximum Gasteiger partial charge on any atom is 0.425 e. The molecule has 0 amide bonds. The lowest BCUT2D eigenvalue weighted by molar-refractivity contribution is -0.597. The average molecular weight is 727 g/mol. The van der Waals surface area contributed by atoms with Crippen molar-refractivity contribution in [1.29, 1.82) is 0 Å². The van der Waals surface area contributed by atoms with Crippen LogP contribution in [0.1, 0.15) is 0 Å². The van der Waals surface area contributed by atoms with E-state index < -0.39 is 81.0 Å². The van der Waals surface area contributed by atoms with Crippen molar-refractivity contribution in [3.8, 4) is 0 Å². The van der Waals surface area contributed by atoms with Gasteiger partial charge in [-0.1, -0.05) is 0 Å². The third-order valence-corrected chi connectivity index (χ3v) is 5.35. The largest absolute Gasteiger partial charge is 0.743 e. The van der Waals surface area contributed by atoms with Crippen LogP contribution in [0, 0.1) is 0 Å².